The number of carboxylic acid groups (broad SMARTS) is 2. The monoisotopic (exact) mass is 562 g/mol. The number of ether oxygens (including phenoxy) is 1. The highest BCUT2D eigenvalue weighted by Gasteiger charge is 2.29. The van der Waals surface area contributed by atoms with Crippen molar-refractivity contribution in [3.63, 3.8) is 0 Å². The van der Waals surface area contributed by atoms with E-state index < -0.39 is 17.8 Å². The average Bonchev–Trinajstić information content (AvgIpc) is 3.28. The highest BCUT2D eigenvalue weighted by molar-refractivity contribution is 7.12. The minimum absolute atomic E-state index is 0.0431. The maximum Gasteiger partial charge on any atom is 0.414 e. The highest BCUT2D eigenvalue weighted by atomic mass is 32.1. The smallest absolute Gasteiger partial charge is 0.414 e. The number of nitrogens with zero attached hydrogens (tertiary/aromatic N) is 2. The van der Waals surface area contributed by atoms with E-state index in [1.807, 2.05) is 16.2 Å². The Morgan fingerprint density at radius 1 is 1.10 bits per heavy atom. The Kier molecular flexibility index (Phi) is 10.6. The van der Waals surface area contributed by atoms with Gasteiger partial charge in [0.25, 0.3) is 0 Å². The number of methoxy groups -OCH3 is 1. The fraction of sp³-hybridized carbons (Fsp3) is 0.500. The third-order valence-electron chi connectivity index (χ3n) is 7.27. The van der Waals surface area contributed by atoms with Crippen LogP contribution in [-0.4, -0.2) is 76.9 Å². The molecule has 2 N–H and O–H groups in total. The number of likely N-dealkylation sites (tertiary alicyclic amines) is 1. The molecule has 212 valence electrons. The maximum absolute atomic E-state index is 13.5. The Hall–Kier alpha value is -3.31. The van der Waals surface area contributed by atoms with E-state index in [2.05, 4.69) is 11.8 Å². The molecule has 0 bridgehead atoms. The summed E-state index contributed by atoms with van der Waals surface area (Å²) in [5, 5.41) is 14.8. The first-order valence-electron chi connectivity index (χ1n) is 13.0. The fourth-order valence-corrected chi connectivity index (χ4v) is 6.62. The number of halogens is 1. The van der Waals surface area contributed by atoms with E-state index in [1.54, 1.807) is 13.0 Å². The molecule has 2 aromatic rings. The van der Waals surface area contributed by atoms with Gasteiger partial charge in [-0.2, -0.15) is 0 Å². The number of thiophene rings is 1. The molecule has 0 aliphatic carbocycles. The Morgan fingerprint density at radius 2 is 1.77 bits per heavy atom. The van der Waals surface area contributed by atoms with Gasteiger partial charge in [-0.05, 0) is 68.5 Å². The molecule has 1 aromatic carbocycles. The standard InChI is InChI=1S/C26H33FN2O3S.C2H2O4/c1-4-20-21-9-14-29(17(2)30)16-25(21)33-24(20)10-13-28-11-7-18(8-12-28)26(31)22-6-5-19(27)15-23(22)32-3;3-1(4)2(5)6/h5-6,15,18H,4,7-14,16H2,1-3H3;(H,3,4)(H,5,6). The molecule has 1 amide bonds. The molecule has 2 aliphatic rings. The number of hydrogen-bond donors (Lipinski definition) is 2. The Bertz CT molecular complexity index is 1210. The number of carbonyl (C=O) groups is 4. The quantitative estimate of drug-likeness (QED) is 0.387. The van der Waals surface area contributed by atoms with Gasteiger partial charge in [0.05, 0.1) is 19.2 Å². The first-order chi connectivity index (χ1) is 18.5. The molecular weight excluding hydrogens is 527 g/mol. The lowest BCUT2D eigenvalue weighted by atomic mass is 9.88. The molecule has 11 heteroatoms. The molecule has 0 radical (unpaired) electrons. The minimum atomic E-state index is -1.82. The summed E-state index contributed by atoms with van der Waals surface area (Å²) < 4.78 is 18.7. The second-order valence-electron chi connectivity index (χ2n) is 9.63. The van der Waals surface area contributed by atoms with E-state index in [0.29, 0.717) is 11.3 Å². The van der Waals surface area contributed by atoms with Crippen molar-refractivity contribution >= 4 is 35.0 Å². The van der Waals surface area contributed by atoms with Gasteiger partial charge in [-0.1, -0.05) is 6.92 Å². The lowest BCUT2D eigenvalue weighted by molar-refractivity contribution is -0.159. The fourth-order valence-electron chi connectivity index (χ4n) is 5.17. The molecule has 0 atom stereocenters. The normalized spacial score (nSPS) is 15.6. The van der Waals surface area contributed by atoms with Gasteiger partial charge >= 0.3 is 11.9 Å². The van der Waals surface area contributed by atoms with Crippen molar-refractivity contribution in [3.8, 4) is 5.75 Å². The largest absolute Gasteiger partial charge is 0.496 e. The van der Waals surface area contributed by atoms with Crippen LogP contribution in [-0.2, 0) is 40.2 Å². The van der Waals surface area contributed by atoms with Gasteiger partial charge in [-0.25, -0.2) is 14.0 Å². The van der Waals surface area contributed by atoms with Crippen LogP contribution in [0.4, 0.5) is 4.39 Å². The minimum Gasteiger partial charge on any atom is -0.496 e. The van der Waals surface area contributed by atoms with E-state index in [1.165, 1.54) is 40.1 Å². The second kappa shape index (κ2) is 13.7. The summed E-state index contributed by atoms with van der Waals surface area (Å²) in [6.07, 6.45) is 4.65. The van der Waals surface area contributed by atoms with E-state index in [9.17, 15) is 14.0 Å². The summed E-state index contributed by atoms with van der Waals surface area (Å²) in [7, 11) is 1.47. The van der Waals surface area contributed by atoms with Gasteiger partial charge < -0.3 is 24.7 Å². The van der Waals surface area contributed by atoms with Crippen LogP contribution < -0.4 is 4.74 Å². The number of carboxylic acids is 2. The van der Waals surface area contributed by atoms with Crippen LogP contribution in [0.1, 0.15) is 57.9 Å². The lowest BCUT2D eigenvalue weighted by Crippen LogP contribution is -2.37. The third-order valence-corrected chi connectivity index (χ3v) is 8.59. The van der Waals surface area contributed by atoms with Crippen LogP contribution >= 0.6 is 11.3 Å². The summed E-state index contributed by atoms with van der Waals surface area (Å²) in [6, 6.07) is 4.15. The number of hydrogen-bond acceptors (Lipinski definition) is 7. The van der Waals surface area contributed by atoms with E-state index >= 15 is 0 Å². The summed E-state index contributed by atoms with van der Waals surface area (Å²) in [5.41, 5.74) is 3.45. The lowest BCUT2D eigenvalue weighted by Gasteiger charge is -2.31. The van der Waals surface area contributed by atoms with Crippen molar-refractivity contribution in [2.75, 3.05) is 33.3 Å². The molecule has 0 saturated carbocycles. The maximum atomic E-state index is 13.5. The third kappa shape index (κ3) is 7.63. The zero-order valence-corrected chi connectivity index (χ0v) is 23.3. The summed E-state index contributed by atoms with van der Waals surface area (Å²) >= 11 is 1.89. The predicted molar refractivity (Wildman–Crippen MR) is 144 cm³/mol. The Labute approximate surface area is 231 Å². The molecule has 1 saturated heterocycles. The second-order valence-corrected chi connectivity index (χ2v) is 10.8. The number of aliphatic carboxylic acids is 2. The molecule has 4 rings (SSSR count). The Balaban J connectivity index is 0.000000631. The van der Waals surface area contributed by atoms with E-state index in [4.69, 9.17) is 24.5 Å². The van der Waals surface area contributed by atoms with Gasteiger partial charge in [0.1, 0.15) is 11.6 Å². The summed E-state index contributed by atoms with van der Waals surface area (Å²) in [4.78, 5) is 50.2. The van der Waals surface area contributed by atoms with Crippen molar-refractivity contribution in [2.45, 2.75) is 52.5 Å². The van der Waals surface area contributed by atoms with Crippen LogP contribution in [0.15, 0.2) is 18.2 Å². The number of ketones is 1. The van der Waals surface area contributed by atoms with Gasteiger partial charge in [-0.15, -0.1) is 11.3 Å². The van der Waals surface area contributed by atoms with E-state index in [0.717, 1.165) is 64.8 Å². The predicted octanol–water partition coefficient (Wildman–Crippen LogP) is 3.66. The zero-order valence-electron chi connectivity index (χ0n) is 22.5. The van der Waals surface area contributed by atoms with Crippen LogP contribution in [0.3, 0.4) is 0 Å². The highest BCUT2D eigenvalue weighted by Crippen LogP contribution is 2.34. The number of carbonyl (C=O) groups excluding carboxylic acids is 2. The van der Waals surface area contributed by atoms with Gasteiger partial charge in [0, 0.05) is 41.8 Å². The summed E-state index contributed by atoms with van der Waals surface area (Å²) in [6.45, 7) is 8.23. The van der Waals surface area contributed by atoms with Gasteiger partial charge in [0.15, 0.2) is 5.78 Å². The first-order valence-corrected chi connectivity index (χ1v) is 13.8. The first kappa shape index (κ1) is 30.2. The topological polar surface area (TPSA) is 124 Å². The van der Waals surface area contributed by atoms with E-state index in [-0.39, 0.29) is 17.6 Å². The van der Waals surface area contributed by atoms with Gasteiger partial charge in [0.2, 0.25) is 5.91 Å². The molecule has 0 spiro atoms. The van der Waals surface area contributed by atoms with Crippen molar-refractivity contribution in [2.24, 2.45) is 5.92 Å². The molecule has 3 heterocycles. The zero-order chi connectivity index (χ0) is 28.7. The number of fused-ring (bicyclic) bond motifs is 1. The molecule has 39 heavy (non-hydrogen) atoms. The summed E-state index contributed by atoms with van der Waals surface area (Å²) in [5.74, 6) is -3.55. The van der Waals surface area contributed by atoms with Gasteiger partial charge in [-0.3, -0.25) is 9.59 Å². The van der Waals surface area contributed by atoms with Crippen molar-refractivity contribution < 1.29 is 38.5 Å². The Morgan fingerprint density at radius 3 is 2.33 bits per heavy atom. The number of benzene rings is 1. The SMILES string of the molecule is CCc1c(CCN2CCC(C(=O)c3ccc(F)cc3OC)CC2)sc2c1CCN(C(C)=O)C2.O=C(O)C(=O)O. The molecule has 0 unspecified atom stereocenters. The van der Waals surface area contributed by atoms with Crippen molar-refractivity contribution in [1.29, 1.82) is 0 Å². The number of Topliss-reactive ketones (excluding diaryl/α,β-unsaturated/α-hetero) is 1. The molecule has 9 nitrogen and oxygen atoms in total. The van der Waals surface area contributed by atoms with Crippen LogP contribution in [0.25, 0.3) is 0 Å². The van der Waals surface area contributed by atoms with Crippen LogP contribution in [0.5, 0.6) is 5.75 Å². The molecular formula is C28H35FN2O7S. The number of amides is 1. The van der Waals surface area contributed by atoms with Crippen molar-refractivity contribution in [3.05, 3.63) is 50.5 Å². The average molecular weight is 563 g/mol. The number of piperidine rings is 1. The molecule has 1 aromatic heterocycles. The van der Waals surface area contributed by atoms with Crippen LogP contribution in [0.2, 0.25) is 0 Å². The van der Waals surface area contributed by atoms with Crippen molar-refractivity contribution in [1.82, 2.24) is 9.80 Å². The number of rotatable bonds is 7. The molecule has 2 aliphatic heterocycles. The van der Waals surface area contributed by atoms with Crippen LogP contribution in [0, 0.1) is 11.7 Å². The molecule has 1 fully saturated rings.